The van der Waals surface area contributed by atoms with Crippen LogP contribution in [0.2, 0.25) is 0 Å². The highest BCUT2D eigenvalue weighted by atomic mass is 35.5. The Balaban J connectivity index is 0.00000341. The van der Waals surface area contributed by atoms with Crippen LogP contribution in [0.1, 0.15) is 16.8 Å². The van der Waals surface area contributed by atoms with Crippen LogP contribution >= 0.6 is 12.4 Å². The summed E-state index contributed by atoms with van der Waals surface area (Å²) in [7, 11) is 0. The van der Waals surface area contributed by atoms with Crippen molar-refractivity contribution in [3.8, 4) is 11.4 Å². The summed E-state index contributed by atoms with van der Waals surface area (Å²) in [6, 6.07) is 13.5. The number of carbonyl (C=O) groups is 1. The number of ether oxygens (including phenoxy) is 1. The monoisotopic (exact) mass is 445 g/mol. The lowest BCUT2D eigenvalue weighted by Gasteiger charge is -2.06. The molecule has 0 unspecified atom stereocenters. The fourth-order valence-corrected chi connectivity index (χ4v) is 2.71. The van der Waals surface area contributed by atoms with Crippen LogP contribution in [0.25, 0.3) is 5.69 Å². The highest BCUT2D eigenvalue weighted by Gasteiger charge is 2.16. The van der Waals surface area contributed by atoms with Crippen molar-refractivity contribution in [1.29, 1.82) is 0 Å². The van der Waals surface area contributed by atoms with E-state index in [0.29, 0.717) is 16.9 Å². The van der Waals surface area contributed by atoms with Crippen molar-refractivity contribution < 1.29 is 14.5 Å². The number of benzene rings is 2. The molecule has 0 spiro atoms. The zero-order valence-electron chi connectivity index (χ0n) is 16.7. The van der Waals surface area contributed by atoms with E-state index in [-0.39, 0.29) is 35.0 Å². The van der Waals surface area contributed by atoms with Crippen molar-refractivity contribution in [2.24, 2.45) is 5.10 Å². The van der Waals surface area contributed by atoms with Crippen LogP contribution < -0.4 is 15.7 Å². The van der Waals surface area contributed by atoms with E-state index in [9.17, 15) is 19.7 Å². The Labute approximate surface area is 183 Å². The van der Waals surface area contributed by atoms with Gasteiger partial charge in [-0.15, -0.1) is 12.4 Å². The molecule has 1 heterocycles. The van der Waals surface area contributed by atoms with Crippen LogP contribution in [0.15, 0.2) is 58.4 Å². The van der Waals surface area contributed by atoms with Crippen LogP contribution in [-0.4, -0.2) is 33.4 Å². The Morgan fingerprint density at radius 3 is 2.65 bits per heavy atom. The Bertz CT molecular complexity index is 1170. The summed E-state index contributed by atoms with van der Waals surface area (Å²) in [5.41, 5.74) is 3.93. The van der Waals surface area contributed by atoms with Crippen molar-refractivity contribution in [3.63, 3.8) is 0 Å². The van der Waals surface area contributed by atoms with Crippen molar-refractivity contribution >= 4 is 30.2 Å². The van der Waals surface area contributed by atoms with Crippen LogP contribution in [0.3, 0.4) is 0 Å². The number of H-pyrrole nitrogens is 1. The van der Waals surface area contributed by atoms with Gasteiger partial charge in [-0.05, 0) is 37.6 Å². The molecule has 0 aliphatic rings. The Kier molecular flexibility index (Phi) is 7.70. The second-order valence-corrected chi connectivity index (χ2v) is 6.44. The van der Waals surface area contributed by atoms with Crippen molar-refractivity contribution in [2.45, 2.75) is 13.8 Å². The molecule has 0 aliphatic heterocycles. The second kappa shape index (κ2) is 10.2. The van der Waals surface area contributed by atoms with Crippen LogP contribution in [0, 0.1) is 24.0 Å². The number of rotatable bonds is 7. The minimum atomic E-state index is -0.627. The number of nitrogens with zero attached hydrogens (tertiary/aromatic N) is 3. The van der Waals surface area contributed by atoms with E-state index in [0.717, 1.165) is 0 Å². The molecular formula is C20H20ClN5O5. The zero-order valence-corrected chi connectivity index (χ0v) is 17.5. The summed E-state index contributed by atoms with van der Waals surface area (Å²) in [6.07, 6.45) is 1.24. The normalized spacial score (nSPS) is 10.5. The fraction of sp³-hybridized carbons (Fsp3) is 0.150. The van der Waals surface area contributed by atoms with Gasteiger partial charge in [0, 0.05) is 11.8 Å². The van der Waals surface area contributed by atoms with E-state index in [4.69, 9.17) is 4.74 Å². The predicted molar refractivity (Wildman–Crippen MR) is 117 cm³/mol. The Morgan fingerprint density at radius 2 is 1.97 bits per heavy atom. The average molecular weight is 446 g/mol. The molecule has 0 bridgehead atoms. The highest BCUT2D eigenvalue weighted by molar-refractivity contribution is 5.85. The molecule has 0 atom stereocenters. The van der Waals surface area contributed by atoms with Crippen LogP contribution in [-0.2, 0) is 4.79 Å². The summed E-state index contributed by atoms with van der Waals surface area (Å²) < 4.78 is 6.60. The molecule has 1 amide bonds. The smallest absolute Gasteiger partial charge is 0.311 e. The lowest BCUT2D eigenvalue weighted by molar-refractivity contribution is -0.385. The molecule has 11 heteroatoms. The van der Waals surface area contributed by atoms with Gasteiger partial charge in [0.05, 0.1) is 22.4 Å². The van der Waals surface area contributed by atoms with E-state index < -0.39 is 17.4 Å². The molecule has 1 aromatic heterocycles. The number of para-hydroxylation sites is 1. The Hall–Kier alpha value is -3.92. The van der Waals surface area contributed by atoms with Crippen LogP contribution in [0.5, 0.6) is 5.75 Å². The maximum atomic E-state index is 12.5. The first-order valence-electron chi connectivity index (χ1n) is 8.93. The standard InChI is InChI=1S/C20H19N5O5.ClH/c1-13-8-9-18(17(10-13)25(28)29)30-12-19(26)22-21-11-16-14(2)23-24(20(16)27)15-6-4-3-5-7-15;/h3-11,23H,12H2,1-2H3,(H,22,26);1H. The average Bonchev–Trinajstić information content (AvgIpc) is 3.01. The van der Waals surface area contributed by atoms with Crippen molar-refractivity contribution in [3.05, 3.63) is 85.8 Å². The minimum absolute atomic E-state index is 0. The van der Waals surface area contributed by atoms with Crippen molar-refractivity contribution in [1.82, 2.24) is 15.2 Å². The van der Waals surface area contributed by atoms with Crippen LogP contribution in [0.4, 0.5) is 5.69 Å². The first-order valence-corrected chi connectivity index (χ1v) is 8.93. The van der Waals surface area contributed by atoms with Crippen molar-refractivity contribution in [2.75, 3.05) is 6.61 Å². The summed E-state index contributed by atoms with van der Waals surface area (Å²) in [6.45, 7) is 2.96. The molecule has 0 radical (unpaired) electrons. The first-order chi connectivity index (χ1) is 14.4. The molecule has 3 rings (SSSR count). The molecule has 2 aromatic carbocycles. The lowest BCUT2D eigenvalue weighted by Crippen LogP contribution is -2.25. The summed E-state index contributed by atoms with van der Waals surface area (Å²) in [4.78, 5) is 35.0. The molecule has 0 saturated heterocycles. The number of hydrogen-bond acceptors (Lipinski definition) is 6. The molecule has 0 aliphatic carbocycles. The van der Waals surface area contributed by atoms with Gasteiger partial charge in [-0.2, -0.15) is 5.10 Å². The van der Waals surface area contributed by atoms with E-state index in [2.05, 4.69) is 15.6 Å². The minimum Gasteiger partial charge on any atom is -0.477 e. The predicted octanol–water partition coefficient (Wildman–Crippen LogP) is 2.64. The van der Waals surface area contributed by atoms with Gasteiger partial charge < -0.3 is 4.74 Å². The number of aryl methyl sites for hydroxylation is 2. The number of halogens is 1. The summed E-state index contributed by atoms with van der Waals surface area (Å²) >= 11 is 0. The number of hydrazone groups is 1. The summed E-state index contributed by atoms with van der Waals surface area (Å²) in [5.74, 6) is -0.644. The fourth-order valence-electron chi connectivity index (χ4n) is 2.71. The van der Waals surface area contributed by atoms with Gasteiger partial charge in [0.1, 0.15) is 0 Å². The quantitative estimate of drug-likeness (QED) is 0.328. The third-order valence-corrected chi connectivity index (χ3v) is 4.18. The third-order valence-electron chi connectivity index (χ3n) is 4.18. The number of nitro groups is 1. The highest BCUT2D eigenvalue weighted by Crippen LogP contribution is 2.27. The van der Waals surface area contributed by atoms with E-state index in [1.165, 1.54) is 23.0 Å². The largest absolute Gasteiger partial charge is 0.477 e. The van der Waals surface area contributed by atoms with Gasteiger partial charge in [0.2, 0.25) is 0 Å². The van der Waals surface area contributed by atoms with E-state index >= 15 is 0 Å². The molecular weight excluding hydrogens is 426 g/mol. The van der Waals surface area contributed by atoms with E-state index in [1.807, 2.05) is 18.2 Å². The van der Waals surface area contributed by atoms with Gasteiger partial charge in [0.25, 0.3) is 11.5 Å². The Morgan fingerprint density at radius 1 is 1.26 bits per heavy atom. The number of hydrogen-bond donors (Lipinski definition) is 2. The number of nitro benzene ring substituents is 1. The molecule has 0 fully saturated rings. The number of aromatic amines is 1. The number of carbonyl (C=O) groups excluding carboxylic acids is 1. The lowest BCUT2D eigenvalue weighted by atomic mass is 10.2. The van der Waals surface area contributed by atoms with Gasteiger partial charge in [-0.1, -0.05) is 24.3 Å². The molecule has 10 nitrogen and oxygen atoms in total. The molecule has 3 aromatic rings. The third kappa shape index (κ3) is 5.58. The van der Waals surface area contributed by atoms with Gasteiger partial charge in [-0.3, -0.25) is 24.8 Å². The number of amides is 1. The van der Waals surface area contributed by atoms with Gasteiger partial charge in [-0.25, -0.2) is 10.1 Å². The second-order valence-electron chi connectivity index (χ2n) is 6.44. The molecule has 162 valence electrons. The van der Waals surface area contributed by atoms with Gasteiger partial charge in [0.15, 0.2) is 12.4 Å². The number of aromatic nitrogens is 2. The van der Waals surface area contributed by atoms with E-state index in [1.54, 1.807) is 32.0 Å². The maximum absolute atomic E-state index is 12.5. The maximum Gasteiger partial charge on any atom is 0.311 e. The summed E-state index contributed by atoms with van der Waals surface area (Å²) in [5, 5.41) is 17.8. The molecule has 0 saturated carbocycles. The zero-order chi connectivity index (χ0) is 21.7. The van der Waals surface area contributed by atoms with Gasteiger partial charge >= 0.3 is 5.69 Å². The SMILES string of the molecule is Cc1ccc(OCC(=O)NN=Cc2c(C)[nH]n(-c3ccccc3)c2=O)c([N+](=O)[O-])c1.Cl. The first kappa shape index (κ1) is 23.4. The topological polar surface area (TPSA) is 132 Å². The molecule has 31 heavy (non-hydrogen) atoms. The number of nitrogens with one attached hydrogen (secondary N) is 2. The molecule has 2 N–H and O–H groups in total.